The Morgan fingerprint density at radius 3 is 2.75 bits per heavy atom. The number of Topliss-reactive ketones (excluding diaryl/α,β-unsaturated/α-hetero) is 1. The van der Waals surface area contributed by atoms with Crippen molar-refractivity contribution in [3.05, 3.63) is 0 Å². The first-order valence-electron chi connectivity index (χ1n) is 4.55. The molecule has 2 N–H and O–H groups in total. The third-order valence-corrected chi connectivity index (χ3v) is 2.63. The maximum Gasteiger partial charge on any atom is 0.167 e. The van der Waals surface area contributed by atoms with Crippen LogP contribution in [0.25, 0.3) is 0 Å². The molecule has 1 rings (SSSR count). The third kappa shape index (κ3) is 1.52. The van der Waals surface area contributed by atoms with Crippen LogP contribution in [-0.4, -0.2) is 27.7 Å². The van der Waals surface area contributed by atoms with Crippen molar-refractivity contribution < 1.29 is 15.0 Å². The lowest BCUT2D eigenvalue weighted by Gasteiger charge is -2.34. The van der Waals surface area contributed by atoms with E-state index >= 15 is 0 Å². The lowest BCUT2D eigenvalue weighted by Crippen LogP contribution is -2.50. The second kappa shape index (κ2) is 3.54. The van der Waals surface area contributed by atoms with Crippen LogP contribution in [-0.2, 0) is 4.79 Å². The van der Waals surface area contributed by atoms with E-state index in [-0.39, 0.29) is 5.78 Å². The van der Waals surface area contributed by atoms with Crippen molar-refractivity contribution in [1.82, 2.24) is 0 Å². The Morgan fingerprint density at radius 1 is 1.58 bits per heavy atom. The number of aliphatic hydroxyl groups is 2. The van der Waals surface area contributed by atoms with Crippen LogP contribution in [0.2, 0.25) is 0 Å². The monoisotopic (exact) mass is 172 g/mol. The van der Waals surface area contributed by atoms with Gasteiger partial charge in [-0.05, 0) is 25.7 Å². The normalized spacial score (nSPS) is 33.4. The van der Waals surface area contributed by atoms with Gasteiger partial charge < -0.3 is 10.2 Å². The first-order valence-corrected chi connectivity index (χ1v) is 4.55. The molecule has 1 saturated carbocycles. The van der Waals surface area contributed by atoms with E-state index in [1.165, 1.54) is 0 Å². The highest BCUT2D eigenvalue weighted by Crippen LogP contribution is 2.29. The summed E-state index contributed by atoms with van der Waals surface area (Å²) < 4.78 is 0. The second-order valence-corrected chi connectivity index (χ2v) is 3.48. The molecular weight excluding hydrogens is 156 g/mol. The standard InChI is InChI=1S/C9H16O3/c1-2-7(10)9(12)6-4-3-5-8(9)11/h7,10,12H,2-6H2,1H3. The van der Waals surface area contributed by atoms with E-state index in [1.54, 1.807) is 6.92 Å². The molecule has 0 aromatic carbocycles. The molecule has 3 nitrogen and oxygen atoms in total. The van der Waals surface area contributed by atoms with E-state index in [4.69, 9.17) is 0 Å². The van der Waals surface area contributed by atoms with Gasteiger partial charge in [0.25, 0.3) is 0 Å². The average Bonchev–Trinajstić information content (AvgIpc) is 2.09. The average molecular weight is 172 g/mol. The topological polar surface area (TPSA) is 57.5 Å². The fourth-order valence-corrected chi connectivity index (χ4v) is 1.73. The Bertz CT molecular complexity index is 179. The SMILES string of the molecule is CCC(O)C1(O)CCCCC1=O. The van der Waals surface area contributed by atoms with E-state index in [0.717, 1.165) is 12.8 Å². The first-order chi connectivity index (χ1) is 5.61. The predicted molar refractivity (Wildman–Crippen MR) is 44.7 cm³/mol. The van der Waals surface area contributed by atoms with Gasteiger partial charge in [-0.3, -0.25) is 4.79 Å². The van der Waals surface area contributed by atoms with Crippen molar-refractivity contribution >= 4 is 5.78 Å². The highest BCUT2D eigenvalue weighted by molar-refractivity contribution is 5.88. The highest BCUT2D eigenvalue weighted by atomic mass is 16.3. The number of aliphatic hydroxyl groups excluding tert-OH is 1. The molecule has 2 unspecified atom stereocenters. The lowest BCUT2D eigenvalue weighted by atomic mass is 9.79. The number of rotatable bonds is 2. The summed E-state index contributed by atoms with van der Waals surface area (Å²) in [5.74, 6) is -0.192. The van der Waals surface area contributed by atoms with Gasteiger partial charge in [0, 0.05) is 6.42 Å². The minimum absolute atomic E-state index is 0.192. The summed E-state index contributed by atoms with van der Waals surface area (Å²) in [4.78, 5) is 11.3. The zero-order chi connectivity index (χ0) is 9.19. The molecule has 0 spiro atoms. The number of ketones is 1. The van der Waals surface area contributed by atoms with Gasteiger partial charge in [0.1, 0.15) is 5.60 Å². The van der Waals surface area contributed by atoms with Crippen LogP contribution in [0.1, 0.15) is 39.0 Å². The van der Waals surface area contributed by atoms with Crippen molar-refractivity contribution in [2.75, 3.05) is 0 Å². The van der Waals surface area contributed by atoms with Crippen molar-refractivity contribution in [1.29, 1.82) is 0 Å². The first kappa shape index (κ1) is 9.68. The van der Waals surface area contributed by atoms with Crippen LogP contribution in [0.5, 0.6) is 0 Å². The Labute approximate surface area is 72.4 Å². The predicted octanol–water partition coefficient (Wildman–Crippen LogP) is 0.632. The molecule has 0 amide bonds. The minimum Gasteiger partial charge on any atom is -0.390 e. The summed E-state index contributed by atoms with van der Waals surface area (Å²) in [6.07, 6.45) is 2.05. The Balaban J connectivity index is 2.72. The van der Waals surface area contributed by atoms with Gasteiger partial charge in [-0.25, -0.2) is 0 Å². The molecule has 0 saturated heterocycles. The summed E-state index contributed by atoms with van der Waals surface area (Å²) in [6.45, 7) is 1.77. The van der Waals surface area contributed by atoms with Gasteiger partial charge in [-0.2, -0.15) is 0 Å². The molecule has 1 aliphatic carbocycles. The molecule has 0 bridgehead atoms. The largest absolute Gasteiger partial charge is 0.390 e. The van der Waals surface area contributed by atoms with Crippen molar-refractivity contribution in [3.63, 3.8) is 0 Å². The van der Waals surface area contributed by atoms with E-state index in [0.29, 0.717) is 19.3 Å². The van der Waals surface area contributed by atoms with Gasteiger partial charge in [0.05, 0.1) is 6.10 Å². The Kier molecular flexibility index (Phi) is 2.85. The number of hydrogen-bond donors (Lipinski definition) is 2. The van der Waals surface area contributed by atoms with Crippen molar-refractivity contribution in [2.24, 2.45) is 0 Å². The summed E-state index contributed by atoms with van der Waals surface area (Å²) in [7, 11) is 0. The molecule has 70 valence electrons. The lowest BCUT2D eigenvalue weighted by molar-refractivity contribution is -0.155. The number of carbonyl (C=O) groups is 1. The molecule has 12 heavy (non-hydrogen) atoms. The Morgan fingerprint density at radius 2 is 2.25 bits per heavy atom. The maximum absolute atomic E-state index is 11.3. The van der Waals surface area contributed by atoms with Gasteiger partial charge >= 0.3 is 0 Å². The van der Waals surface area contributed by atoms with E-state index in [2.05, 4.69) is 0 Å². The van der Waals surface area contributed by atoms with Crippen LogP contribution >= 0.6 is 0 Å². The van der Waals surface area contributed by atoms with Gasteiger partial charge in [-0.1, -0.05) is 6.92 Å². The molecule has 1 fully saturated rings. The van der Waals surface area contributed by atoms with Gasteiger partial charge in [-0.15, -0.1) is 0 Å². The molecule has 2 atom stereocenters. The third-order valence-electron chi connectivity index (χ3n) is 2.63. The molecule has 0 aromatic heterocycles. The molecule has 0 aromatic rings. The fourth-order valence-electron chi connectivity index (χ4n) is 1.73. The molecule has 0 aliphatic heterocycles. The van der Waals surface area contributed by atoms with E-state index < -0.39 is 11.7 Å². The van der Waals surface area contributed by atoms with Gasteiger partial charge in [0.2, 0.25) is 0 Å². The minimum atomic E-state index is -1.44. The van der Waals surface area contributed by atoms with E-state index in [1.807, 2.05) is 0 Å². The van der Waals surface area contributed by atoms with E-state index in [9.17, 15) is 15.0 Å². The number of carbonyl (C=O) groups excluding carboxylic acids is 1. The van der Waals surface area contributed by atoms with Crippen LogP contribution in [0.15, 0.2) is 0 Å². The summed E-state index contributed by atoms with van der Waals surface area (Å²) >= 11 is 0. The zero-order valence-electron chi connectivity index (χ0n) is 7.42. The van der Waals surface area contributed by atoms with Crippen LogP contribution in [0.3, 0.4) is 0 Å². The van der Waals surface area contributed by atoms with Crippen molar-refractivity contribution in [3.8, 4) is 0 Å². The maximum atomic E-state index is 11.3. The number of hydrogen-bond acceptors (Lipinski definition) is 3. The van der Waals surface area contributed by atoms with Crippen LogP contribution in [0, 0.1) is 0 Å². The summed E-state index contributed by atoms with van der Waals surface area (Å²) in [5.41, 5.74) is -1.44. The zero-order valence-corrected chi connectivity index (χ0v) is 7.42. The fraction of sp³-hybridized carbons (Fsp3) is 0.889. The molecule has 0 radical (unpaired) electrons. The smallest absolute Gasteiger partial charge is 0.167 e. The molecule has 0 heterocycles. The summed E-state index contributed by atoms with van der Waals surface area (Å²) in [5, 5.41) is 19.3. The summed E-state index contributed by atoms with van der Waals surface area (Å²) in [6, 6.07) is 0. The Hall–Kier alpha value is -0.410. The molecule has 3 heteroatoms. The van der Waals surface area contributed by atoms with Crippen LogP contribution in [0.4, 0.5) is 0 Å². The second-order valence-electron chi connectivity index (χ2n) is 3.48. The molecule has 1 aliphatic rings. The van der Waals surface area contributed by atoms with Crippen molar-refractivity contribution in [2.45, 2.75) is 50.7 Å². The highest BCUT2D eigenvalue weighted by Gasteiger charge is 2.42. The molecular formula is C9H16O3. The van der Waals surface area contributed by atoms with Crippen LogP contribution < -0.4 is 0 Å². The quantitative estimate of drug-likeness (QED) is 0.642. The van der Waals surface area contributed by atoms with Gasteiger partial charge in [0.15, 0.2) is 5.78 Å².